The van der Waals surface area contributed by atoms with Gasteiger partial charge in [-0.3, -0.25) is 9.59 Å². The number of rotatable bonds is 3. The number of amides is 1. The molecular weight excluding hydrogens is 299 g/mol. The van der Waals surface area contributed by atoms with Crippen molar-refractivity contribution >= 4 is 22.4 Å². The molecule has 0 radical (unpaired) electrons. The smallest absolute Gasteiger partial charge is 0.398 e. The Hall–Kier alpha value is -2.51. The van der Waals surface area contributed by atoms with Crippen LogP contribution in [0.1, 0.15) is 6.92 Å². The SMILES string of the molecule is C[C@H](NC(=O)Cn1ccc2cccc(N)c2c1=O)C(F)(F)F. The Bertz CT molecular complexity index is 768. The Kier molecular flexibility index (Phi) is 4.11. The molecule has 8 heteroatoms. The van der Waals surface area contributed by atoms with Gasteiger partial charge < -0.3 is 15.6 Å². The number of carbonyl (C=O) groups is 1. The lowest BCUT2D eigenvalue weighted by Crippen LogP contribution is -2.45. The fraction of sp³-hybridized carbons (Fsp3) is 0.286. The predicted molar refractivity (Wildman–Crippen MR) is 76.3 cm³/mol. The summed E-state index contributed by atoms with van der Waals surface area (Å²) >= 11 is 0. The topological polar surface area (TPSA) is 77.1 Å². The van der Waals surface area contributed by atoms with E-state index >= 15 is 0 Å². The van der Waals surface area contributed by atoms with E-state index < -0.39 is 30.2 Å². The lowest BCUT2D eigenvalue weighted by Gasteiger charge is -2.17. The van der Waals surface area contributed by atoms with Crippen LogP contribution in [0.25, 0.3) is 10.8 Å². The normalized spacial score (nSPS) is 13.1. The van der Waals surface area contributed by atoms with E-state index in [0.717, 1.165) is 11.5 Å². The van der Waals surface area contributed by atoms with Crippen LogP contribution in [0.4, 0.5) is 18.9 Å². The number of aromatic nitrogens is 1. The lowest BCUT2D eigenvalue weighted by molar-refractivity contribution is -0.158. The zero-order chi connectivity index (χ0) is 16.5. The molecule has 1 heterocycles. The van der Waals surface area contributed by atoms with Gasteiger partial charge in [0.25, 0.3) is 5.56 Å². The number of benzene rings is 1. The van der Waals surface area contributed by atoms with Crippen LogP contribution in [0.3, 0.4) is 0 Å². The predicted octanol–water partition coefficient (Wildman–Crippen LogP) is 1.65. The Morgan fingerprint density at radius 1 is 1.36 bits per heavy atom. The van der Waals surface area contributed by atoms with E-state index in [1.807, 2.05) is 0 Å². The van der Waals surface area contributed by atoms with Gasteiger partial charge in [0.2, 0.25) is 5.91 Å². The number of pyridine rings is 1. The number of halogens is 3. The maximum absolute atomic E-state index is 12.4. The molecule has 0 unspecified atom stereocenters. The molecule has 0 saturated heterocycles. The number of hydrogen-bond acceptors (Lipinski definition) is 3. The molecule has 0 spiro atoms. The van der Waals surface area contributed by atoms with Crippen LogP contribution in [0, 0.1) is 0 Å². The number of nitrogens with two attached hydrogens (primary N) is 1. The quantitative estimate of drug-likeness (QED) is 0.846. The third-order valence-electron chi connectivity index (χ3n) is 3.22. The van der Waals surface area contributed by atoms with E-state index in [1.165, 1.54) is 6.20 Å². The van der Waals surface area contributed by atoms with Crippen LogP contribution in [0.5, 0.6) is 0 Å². The molecule has 0 bridgehead atoms. The number of nitrogen functional groups attached to an aromatic ring is 1. The van der Waals surface area contributed by atoms with Gasteiger partial charge in [0.15, 0.2) is 0 Å². The molecule has 0 aliphatic carbocycles. The molecule has 0 aliphatic heterocycles. The van der Waals surface area contributed by atoms with Crippen LogP contribution >= 0.6 is 0 Å². The van der Waals surface area contributed by atoms with Crippen LogP contribution in [-0.2, 0) is 11.3 Å². The summed E-state index contributed by atoms with van der Waals surface area (Å²) in [5, 5.41) is 2.64. The monoisotopic (exact) mass is 313 g/mol. The van der Waals surface area contributed by atoms with E-state index in [0.29, 0.717) is 5.39 Å². The molecule has 1 aromatic carbocycles. The number of anilines is 1. The van der Waals surface area contributed by atoms with Gasteiger partial charge in [-0.25, -0.2) is 0 Å². The first kappa shape index (κ1) is 15.9. The van der Waals surface area contributed by atoms with Gasteiger partial charge in [0, 0.05) is 11.9 Å². The molecule has 0 aliphatic rings. The standard InChI is InChI=1S/C14H14F3N3O2/c1-8(14(15,16)17)19-11(21)7-20-6-5-9-3-2-4-10(18)12(9)13(20)22/h2-6,8H,7,18H2,1H3,(H,19,21)/t8-/m0/s1. The Morgan fingerprint density at radius 3 is 2.68 bits per heavy atom. The molecule has 1 amide bonds. The second-order valence-electron chi connectivity index (χ2n) is 4.89. The summed E-state index contributed by atoms with van der Waals surface area (Å²) in [4.78, 5) is 23.9. The molecule has 0 saturated carbocycles. The molecule has 2 aromatic rings. The summed E-state index contributed by atoms with van der Waals surface area (Å²) in [6, 6.07) is 4.50. The average Bonchev–Trinajstić information content (AvgIpc) is 2.41. The van der Waals surface area contributed by atoms with Gasteiger partial charge in [-0.2, -0.15) is 13.2 Å². The van der Waals surface area contributed by atoms with Crippen molar-refractivity contribution in [3.63, 3.8) is 0 Å². The van der Waals surface area contributed by atoms with Crippen molar-refractivity contribution in [3.8, 4) is 0 Å². The highest BCUT2D eigenvalue weighted by atomic mass is 19.4. The van der Waals surface area contributed by atoms with E-state index in [1.54, 1.807) is 29.6 Å². The van der Waals surface area contributed by atoms with Gasteiger partial charge in [-0.15, -0.1) is 0 Å². The molecular formula is C14H14F3N3O2. The van der Waals surface area contributed by atoms with Crippen molar-refractivity contribution in [3.05, 3.63) is 40.8 Å². The van der Waals surface area contributed by atoms with Crippen LogP contribution in [-0.4, -0.2) is 22.7 Å². The molecule has 1 aromatic heterocycles. The minimum atomic E-state index is -4.53. The maximum Gasteiger partial charge on any atom is 0.408 e. The fourth-order valence-corrected chi connectivity index (χ4v) is 2.00. The molecule has 0 fully saturated rings. The summed E-state index contributed by atoms with van der Waals surface area (Å²) < 4.78 is 38.2. The zero-order valence-corrected chi connectivity index (χ0v) is 11.6. The first-order valence-electron chi connectivity index (χ1n) is 6.44. The minimum Gasteiger partial charge on any atom is -0.398 e. The van der Waals surface area contributed by atoms with Crippen LogP contribution < -0.4 is 16.6 Å². The van der Waals surface area contributed by atoms with Crippen molar-refractivity contribution < 1.29 is 18.0 Å². The second-order valence-corrected chi connectivity index (χ2v) is 4.89. The minimum absolute atomic E-state index is 0.238. The van der Waals surface area contributed by atoms with Crippen molar-refractivity contribution in [1.82, 2.24) is 9.88 Å². The molecule has 118 valence electrons. The van der Waals surface area contributed by atoms with Crippen LogP contribution in [0.2, 0.25) is 0 Å². The Labute approximate surface area is 123 Å². The highest BCUT2D eigenvalue weighted by Gasteiger charge is 2.36. The summed E-state index contributed by atoms with van der Waals surface area (Å²) in [5.74, 6) is -0.902. The van der Waals surface area contributed by atoms with Crippen molar-refractivity contribution in [2.24, 2.45) is 0 Å². The number of nitrogens with one attached hydrogen (secondary N) is 1. The van der Waals surface area contributed by atoms with E-state index in [2.05, 4.69) is 0 Å². The van der Waals surface area contributed by atoms with E-state index in [-0.39, 0.29) is 11.1 Å². The summed E-state index contributed by atoms with van der Waals surface area (Å²) in [7, 11) is 0. The molecule has 5 nitrogen and oxygen atoms in total. The Morgan fingerprint density at radius 2 is 2.05 bits per heavy atom. The summed E-state index contributed by atoms with van der Waals surface area (Å²) in [5.41, 5.74) is 5.46. The lowest BCUT2D eigenvalue weighted by atomic mass is 10.1. The summed E-state index contributed by atoms with van der Waals surface area (Å²) in [6.07, 6.45) is -3.18. The average molecular weight is 313 g/mol. The molecule has 2 rings (SSSR count). The highest BCUT2D eigenvalue weighted by Crippen LogP contribution is 2.19. The number of fused-ring (bicyclic) bond motifs is 1. The van der Waals surface area contributed by atoms with Crippen molar-refractivity contribution in [2.75, 3.05) is 5.73 Å². The number of alkyl halides is 3. The number of carbonyl (C=O) groups excluding carboxylic acids is 1. The molecule has 1 atom stereocenters. The fourth-order valence-electron chi connectivity index (χ4n) is 2.00. The first-order chi connectivity index (χ1) is 10.2. The third-order valence-corrected chi connectivity index (χ3v) is 3.22. The van der Waals surface area contributed by atoms with Crippen molar-refractivity contribution in [2.45, 2.75) is 25.7 Å². The maximum atomic E-state index is 12.4. The van der Waals surface area contributed by atoms with E-state index in [4.69, 9.17) is 5.73 Å². The van der Waals surface area contributed by atoms with Crippen LogP contribution in [0.15, 0.2) is 35.3 Å². The van der Waals surface area contributed by atoms with Gasteiger partial charge >= 0.3 is 6.18 Å². The van der Waals surface area contributed by atoms with E-state index in [9.17, 15) is 22.8 Å². The third kappa shape index (κ3) is 3.21. The van der Waals surface area contributed by atoms with Gasteiger partial charge in [-0.05, 0) is 24.4 Å². The Balaban J connectivity index is 2.26. The van der Waals surface area contributed by atoms with Gasteiger partial charge in [0.1, 0.15) is 12.6 Å². The molecule has 22 heavy (non-hydrogen) atoms. The highest BCUT2D eigenvalue weighted by molar-refractivity contribution is 5.92. The van der Waals surface area contributed by atoms with Crippen molar-refractivity contribution in [1.29, 1.82) is 0 Å². The second kappa shape index (κ2) is 5.70. The number of hydrogen-bond donors (Lipinski definition) is 2. The number of nitrogens with zero attached hydrogens (tertiary/aromatic N) is 1. The molecule has 3 N–H and O–H groups in total. The summed E-state index contributed by atoms with van der Waals surface area (Å²) in [6.45, 7) is 0.322. The van der Waals surface area contributed by atoms with Gasteiger partial charge in [-0.1, -0.05) is 12.1 Å². The first-order valence-corrected chi connectivity index (χ1v) is 6.44. The van der Waals surface area contributed by atoms with Gasteiger partial charge in [0.05, 0.1) is 5.39 Å². The largest absolute Gasteiger partial charge is 0.408 e. The zero-order valence-electron chi connectivity index (χ0n) is 11.6.